The molecule has 0 amide bonds. The zero-order valence-electron chi connectivity index (χ0n) is 7.39. The molecule has 0 spiro atoms. The molecule has 0 aliphatic heterocycles. The Labute approximate surface area is 89.8 Å². The van der Waals surface area contributed by atoms with E-state index in [9.17, 15) is 9.18 Å². The van der Waals surface area contributed by atoms with Gasteiger partial charge in [-0.05, 0) is 28.4 Å². The van der Waals surface area contributed by atoms with Crippen LogP contribution in [0.25, 0.3) is 5.57 Å². The largest absolute Gasteiger partial charge is 0.294 e. The van der Waals surface area contributed by atoms with Crippen molar-refractivity contribution in [3.05, 3.63) is 40.1 Å². The second kappa shape index (κ2) is 3.65. The molecule has 72 valence electrons. The van der Waals surface area contributed by atoms with E-state index < -0.39 is 0 Å². The summed E-state index contributed by atoms with van der Waals surface area (Å²) in [7, 11) is 0. The highest BCUT2D eigenvalue weighted by atomic mass is 79.9. The van der Waals surface area contributed by atoms with Crippen LogP contribution in [-0.4, -0.2) is 5.78 Å². The van der Waals surface area contributed by atoms with Crippen molar-refractivity contribution in [1.29, 1.82) is 0 Å². The fourth-order valence-corrected chi connectivity index (χ4v) is 1.93. The minimum Gasteiger partial charge on any atom is -0.294 e. The van der Waals surface area contributed by atoms with Gasteiger partial charge >= 0.3 is 0 Å². The predicted octanol–water partition coefficient (Wildman–Crippen LogP) is 3.33. The Kier molecular flexibility index (Phi) is 2.50. The third-order valence-electron chi connectivity index (χ3n) is 2.26. The molecule has 0 saturated carbocycles. The molecule has 0 fully saturated rings. The lowest BCUT2D eigenvalue weighted by Crippen LogP contribution is -1.98. The topological polar surface area (TPSA) is 17.1 Å². The third-order valence-corrected chi connectivity index (χ3v) is 2.87. The first-order valence-corrected chi connectivity index (χ1v) is 5.17. The molecule has 2 rings (SSSR count). The summed E-state index contributed by atoms with van der Waals surface area (Å²) in [6.45, 7) is 0. The first kappa shape index (κ1) is 9.59. The summed E-state index contributed by atoms with van der Waals surface area (Å²) in [5.41, 5.74) is 0.922. The van der Waals surface area contributed by atoms with E-state index in [0.717, 1.165) is 6.42 Å². The molecule has 0 heterocycles. The molecule has 1 nitrogen and oxygen atoms in total. The molecular weight excluding hydrogens is 247 g/mol. The molecule has 1 aliphatic rings. The second-order valence-corrected chi connectivity index (χ2v) is 4.04. The quantitative estimate of drug-likeness (QED) is 0.752. The molecule has 0 bridgehead atoms. The van der Waals surface area contributed by atoms with Gasteiger partial charge in [-0.15, -0.1) is 0 Å². The van der Waals surface area contributed by atoms with Gasteiger partial charge in [0.05, 0.1) is 4.47 Å². The Hall–Kier alpha value is -0.960. The van der Waals surface area contributed by atoms with Gasteiger partial charge in [-0.1, -0.05) is 18.2 Å². The lowest BCUT2D eigenvalue weighted by molar-refractivity contribution is -0.113. The number of ketones is 1. The number of hydrogen-bond donors (Lipinski definition) is 0. The van der Waals surface area contributed by atoms with Crippen LogP contribution in [0.15, 0.2) is 28.7 Å². The van der Waals surface area contributed by atoms with E-state index in [1.807, 2.05) is 0 Å². The van der Waals surface area contributed by atoms with Crippen molar-refractivity contribution in [2.75, 3.05) is 0 Å². The highest BCUT2D eigenvalue weighted by Crippen LogP contribution is 2.29. The Morgan fingerprint density at radius 2 is 2.14 bits per heavy atom. The number of benzene rings is 1. The number of Topliss-reactive ketones (excluding diaryl/α,β-unsaturated/α-hetero) is 1. The Morgan fingerprint density at radius 3 is 2.79 bits per heavy atom. The first-order valence-electron chi connectivity index (χ1n) is 4.38. The average Bonchev–Trinajstić information content (AvgIpc) is 2.57. The summed E-state index contributed by atoms with van der Waals surface area (Å²) in [5, 5.41) is 0. The van der Waals surface area contributed by atoms with Gasteiger partial charge in [-0.2, -0.15) is 0 Å². The number of carbonyl (C=O) groups excluding carboxylic acids is 1. The van der Waals surface area contributed by atoms with Gasteiger partial charge in [-0.3, -0.25) is 4.79 Å². The van der Waals surface area contributed by atoms with Crippen LogP contribution in [0.5, 0.6) is 0 Å². The van der Waals surface area contributed by atoms with E-state index in [1.165, 1.54) is 0 Å². The van der Waals surface area contributed by atoms with Crippen molar-refractivity contribution in [3.63, 3.8) is 0 Å². The molecule has 14 heavy (non-hydrogen) atoms. The van der Waals surface area contributed by atoms with Crippen LogP contribution >= 0.6 is 15.9 Å². The van der Waals surface area contributed by atoms with Crippen molar-refractivity contribution in [2.45, 2.75) is 12.8 Å². The lowest BCUT2D eigenvalue weighted by atomic mass is 10.0. The van der Waals surface area contributed by atoms with E-state index in [1.54, 1.807) is 24.3 Å². The summed E-state index contributed by atoms with van der Waals surface area (Å²) < 4.78 is 14.0. The van der Waals surface area contributed by atoms with Crippen LogP contribution in [0.3, 0.4) is 0 Å². The SMILES string of the molecule is O=C1CCC=C1c1cccc(Br)c1F. The summed E-state index contributed by atoms with van der Waals surface area (Å²) in [6, 6.07) is 4.99. The maximum atomic E-state index is 13.6. The molecule has 0 aromatic heterocycles. The van der Waals surface area contributed by atoms with Crippen LogP contribution in [0.2, 0.25) is 0 Å². The van der Waals surface area contributed by atoms with Gasteiger partial charge in [0.25, 0.3) is 0 Å². The molecule has 0 N–H and O–H groups in total. The molecule has 1 aliphatic carbocycles. The van der Waals surface area contributed by atoms with E-state index in [0.29, 0.717) is 22.0 Å². The van der Waals surface area contributed by atoms with E-state index in [-0.39, 0.29) is 11.6 Å². The molecular formula is C11H8BrFO. The number of hydrogen-bond acceptors (Lipinski definition) is 1. The van der Waals surface area contributed by atoms with Crippen molar-refractivity contribution < 1.29 is 9.18 Å². The standard InChI is InChI=1S/C11H8BrFO/c12-9-5-1-4-8(11(9)13)7-3-2-6-10(7)14/h1,3-5H,2,6H2. The average molecular weight is 255 g/mol. The molecule has 1 aromatic carbocycles. The van der Waals surface area contributed by atoms with Crippen LogP contribution in [0, 0.1) is 5.82 Å². The van der Waals surface area contributed by atoms with E-state index >= 15 is 0 Å². The minimum absolute atomic E-state index is 0.0296. The molecule has 0 atom stereocenters. The summed E-state index contributed by atoms with van der Waals surface area (Å²) in [4.78, 5) is 11.4. The van der Waals surface area contributed by atoms with E-state index in [2.05, 4.69) is 15.9 Å². The minimum atomic E-state index is -0.353. The zero-order chi connectivity index (χ0) is 10.1. The number of allylic oxidation sites excluding steroid dienone is 2. The number of halogens is 2. The predicted molar refractivity (Wildman–Crippen MR) is 56.3 cm³/mol. The summed E-state index contributed by atoms with van der Waals surface area (Å²) in [6.07, 6.45) is 3.02. The summed E-state index contributed by atoms with van der Waals surface area (Å²) >= 11 is 3.10. The van der Waals surface area contributed by atoms with Crippen LogP contribution < -0.4 is 0 Å². The van der Waals surface area contributed by atoms with Gasteiger partial charge in [0.1, 0.15) is 5.82 Å². The van der Waals surface area contributed by atoms with Gasteiger partial charge in [0, 0.05) is 17.6 Å². The maximum Gasteiger partial charge on any atom is 0.163 e. The fourth-order valence-electron chi connectivity index (χ4n) is 1.57. The van der Waals surface area contributed by atoms with Gasteiger partial charge in [-0.25, -0.2) is 4.39 Å². The molecule has 0 unspecified atom stereocenters. The molecule has 0 radical (unpaired) electrons. The Morgan fingerprint density at radius 1 is 1.36 bits per heavy atom. The highest BCUT2D eigenvalue weighted by molar-refractivity contribution is 9.10. The zero-order valence-corrected chi connectivity index (χ0v) is 8.97. The summed E-state index contributed by atoms with van der Waals surface area (Å²) in [5.74, 6) is -0.323. The third kappa shape index (κ3) is 1.52. The van der Waals surface area contributed by atoms with Crippen LogP contribution in [-0.2, 0) is 4.79 Å². The van der Waals surface area contributed by atoms with Crippen molar-refractivity contribution in [1.82, 2.24) is 0 Å². The van der Waals surface area contributed by atoms with Crippen LogP contribution in [0.1, 0.15) is 18.4 Å². The maximum absolute atomic E-state index is 13.6. The van der Waals surface area contributed by atoms with Gasteiger partial charge in [0.15, 0.2) is 5.78 Å². The fraction of sp³-hybridized carbons (Fsp3) is 0.182. The van der Waals surface area contributed by atoms with E-state index in [4.69, 9.17) is 0 Å². The number of carbonyl (C=O) groups is 1. The molecule has 1 aromatic rings. The number of rotatable bonds is 1. The van der Waals surface area contributed by atoms with Crippen LogP contribution in [0.4, 0.5) is 4.39 Å². The van der Waals surface area contributed by atoms with Gasteiger partial charge in [0.2, 0.25) is 0 Å². The highest BCUT2D eigenvalue weighted by Gasteiger charge is 2.20. The normalized spacial score (nSPS) is 15.9. The monoisotopic (exact) mass is 254 g/mol. The van der Waals surface area contributed by atoms with Crippen molar-refractivity contribution in [2.24, 2.45) is 0 Å². The van der Waals surface area contributed by atoms with Crippen molar-refractivity contribution >= 4 is 27.3 Å². The smallest absolute Gasteiger partial charge is 0.163 e. The van der Waals surface area contributed by atoms with Gasteiger partial charge < -0.3 is 0 Å². The molecule has 0 saturated heterocycles. The Balaban J connectivity index is 2.51. The first-order chi connectivity index (χ1) is 6.70. The second-order valence-electron chi connectivity index (χ2n) is 3.18. The Bertz CT molecular complexity index is 423. The van der Waals surface area contributed by atoms with Crippen molar-refractivity contribution in [3.8, 4) is 0 Å². The lowest BCUT2D eigenvalue weighted by Gasteiger charge is -2.03. The molecule has 3 heteroatoms.